The van der Waals surface area contributed by atoms with Crippen molar-refractivity contribution in [1.29, 1.82) is 0 Å². The van der Waals surface area contributed by atoms with Gasteiger partial charge in [0, 0.05) is 17.7 Å². The number of nitrogens with zero attached hydrogens (tertiary/aromatic N) is 3. The van der Waals surface area contributed by atoms with E-state index < -0.39 is 45.4 Å². The highest BCUT2D eigenvalue weighted by Crippen LogP contribution is 2.40. The molecule has 2 aromatic heterocycles. The van der Waals surface area contributed by atoms with Crippen LogP contribution in [0.5, 0.6) is 11.5 Å². The molecule has 0 amide bonds. The van der Waals surface area contributed by atoms with Crippen molar-refractivity contribution in [3.8, 4) is 34.2 Å². The molecule has 1 aromatic carbocycles. The standard InChI is InChI=1S/C15H8F3N3O6/c16-15(17,18)13-8(2-1-3-20(13)24)14-19-9(6-27-14)7-4-10(21(25)26)12(23)11(22)5-7/h1-6,22-23H. The maximum absolute atomic E-state index is 13.1. The highest BCUT2D eigenvalue weighted by Gasteiger charge is 2.44. The van der Waals surface area contributed by atoms with E-state index in [1.165, 1.54) is 0 Å². The highest BCUT2D eigenvalue weighted by molar-refractivity contribution is 5.71. The van der Waals surface area contributed by atoms with Crippen LogP contribution in [0.3, 0.4) is 0 Å². The van der Waals surface area contributed by atoms with E-state index in [0.717, 1.165) is 30.5 Å². The number of benzene rings is 1. The Kier molecular flexibility index (Phi) is 4.10. The van der Waals surface area contributed by atoms with Crippen molar-refractivity contribution < 1.29 is 37.5 Å². The second kappa shape index (κ2) is 6.16. The zero-order valence-electron chi connectivity index (χ0n) is 13.0. The van der Waals surface area contributed by atoms with Gasteiger partial charge < -0.3 is 19.8 Å². The molecule has 9 nitrogen and oxygen atoms in total. The van der Waals surface area contributed by atoms with Gasteiger partial charge in [0.05, 0.1) is 4.92 Å². The Morgan fingerprint density at radius 3 is 2.59 bits per heavy atom. The van der Waals surface area contributed by atoms with Gasteiger partial charge in [0.25, 0.3) is 0 Å². The monoisotopic (exact) mass is 383 g/mol. The van der Waals surface area contributed by atoms with Gasteiger partial charge in [-0.05, 0) is 12.1 Å². The summed E-state index contributed by atoms with van der Waals surface area (Å²) in [6.07, 6.45) is -3.42. The van der Waals surface area contributed by atoms with E-state index in [2.05, 4.69) is 4.98 Å². The van der Waals surface area contributed by atoms with Gasteiger partial charge >= 0.3 is 17.6 Å². The normalized spacial score (nSPS) is 11.5. The molecule has 0 aliphatic heterocycles. The zero-order valence-corrected chi connectivity index (χ0v) is 13.0. The Morgan fingerprint density at radius 2 is 1.96 bits per heavy atom. The first-order valence-electron chi connectivity index (χ1n) is 7.05. The number of nitro benzene ring substituents is 1. The molecule has 0 unspecified atom stereocenters. The topological polar surface area (TPSA) is 137 Å². The van der Waals surface area contributed by atoms with E-state index in [1.54, 1.807) is 0 Å². The third kappa shape index (κ3) is 3.19. The lowest BCUT2D eigenvalue weighted by molar-refractivity contribution is -0.628. The molecule has 0 radical (unpaired) electrons. The number of phenolic OH excluding ortho intramolecular Hbond substituents is 2. The van der Waals surface area contributed by atoms with Crippen LogP contribution in [0, 0.1) is 15.3 Å². The molecule has 0 aliphatic carbocycles. The first-order chi connectivity index (χ1) is 12.6. The molecule has 0 aliphatic rings. The summed E-state index contributed by atoms with van der Waals surface area (Å²) in [5.41, 5.74) is -3.26. The van der Waals surface area contributed by atoms with Gasteiger partial charge in [-0.25, -0.2) is 4.98 Å². The van der Waals surface area contributed by atoms with Crippen LogP contribution in [-0.2, 0) is 6.18 Å². The molecule has 0 spiro atoms. The van der Waals surface area contributed by atoms with Gasteiger partial charge in [-0.15, -0.1) is 0 Å². The molecule has 0 saturated heterocycles. The van der Waals surface area contributed by atoms with Gasteiger partial charge in [-0.1, -0.05) is 0 Å². The number of oxazole rings is 1. The van der Waals surface area contributed by atoms with Crippen molar-refractivity contribution in [2.24, 2.45) is 0 Å². The van der Waals surface area contributed by atoms with Crippen molar-refractivity contribution in [3.05, 3.63) is 57.7 Å². The lowest BCUT2D eigenvalue weighted by Gasteiger charge is -2.09. The number of halogens is 3. The SMILES string of the molecule is O=[N+]([O-])c1cc(-c2coc(-c3ccc[n+]([O-])c3C(F)(F)F)n2)cc(O)c1O. The number of alkyl halides is 3. The summed E-state index contributed by atoms with van der Waals surface area (Å²) in [7, 11) is 0. The van der Waals surface area contributed by atoms with Crippen LogP contribution < -0.4 is 4.73 Å². The zero-order chi connectivity index (χ0) is 19.9. The van der Waals surface area contributed by atoms with Crippen molar-refractivity contribution in [1.82, 2.24) is 4.98 Å². The number of nitro groups is 1. The largest absolute Gasteiger partial charge is 0.618 e. The van der Waals surface area contributed by atoms with Gasteiger partial charge in [-0.2, -0.15) is 17.9 Å². The van der Waals surface area contributed by atoms with Crippen LogP contribution in [0.25, 0.3) is 22.7 Å². The van der Waals surface area contributed by atoms with Crippen LogP contribution in [0.15, 0.2) is 41.1 Å². The minimum atomic E-state index is -4.98. The van der Waals surface area contributed by atoms with Gasteiger partial charge in [0.15, 0.2) is 11.9 Å². The van der Waals surface area contributed by atoms with Crippen LogP contribution in [-0.4, -0.2) is 20.1 Å². The fourth-order valence-corrected chi connectivity index (χ4v) is 2.36. The number of phenols is 2. The average molecular weight is 383 g/mol. The van der Waals surface area contributed by atoms with Gasteiger partial charge in [-0.3, -0.25) is 10.1 Å². The summed E-state index contributed by atoms with van der Waals surface area (Å²) >= 11 is 0. The third-order valence-corrected chi connectivity index (χ3v) is 3.53. The summed E-state index contributed by atoms with van der Waals surface area (Å²) in [6, 6.07) is 3.83. The highest BCUT2D eigenvalue weighted by atomic mass is 19.4. The minimum absolute atomic E-state index is 0.0912. The van der Waals surface area contributed by atoms with Crippen LogP contribution in [0.4, 0.5) is 18.9 Å². The van der Waals surface area contributed by atoms with E-state index in [1.807, 2.05) is 0 Å². The Bertz CT molecular complexity index is 1050. The average Bonchev–Trinajstić information content (AvgIpc) is 3.05. The van der Waals surface area contributed by atoms with Crippen LogP contribution in [0.2, 0.25) is 0 Å². The number of rotatable bonds is 3. The Hall–Kier alpha value is -3.83. The predicted octanol–water partition coefficient (Wildman–Crippen LogP) is 2.98. The fraction of sp³-hybridized carbons (Fsp3) is 0.0667. The third-order valence-electron chi connectivity index (χ3n) is 3.53. The van der Waals surface area contributed by atoms with E-state index in [9.17, 15) is 38.7 Å². The molecule has 2 heterocycles. The summed E-state index contributed by atoms with van der Waals surface area (Å²) in [4.78, 5) is 13.7. The smallest absolute Gasteiger partial charge is 0.479 e. The van der Waals surface area contributed by atoms with Gasteiger partial charge in [0.1, 0.15) is 17.5 Å². The first-order valence-corrected chi connectivity index (χ1v) is 7.05. The second-order valence-corrected chi connectivity index (χ2v) is 5.25. The molecule has 140 valence electrons. The summed E-state index contributed by atoms with van der Waals surface area (Å²) < 4.78 is 44.0. The fourth-order valence-electron chi connectivity index (χ4n) is 2.36. The van der Waals surface area contributed by atoms with Gasteiger partial charge in [0.2, 0.25) is 11.6 Å². The predicted molar refractivity (Wildman–Crippen MR) is 81.3 cm³/mol. The number of pyridine rings is 1. The quantitative estimate of drug-likeness (QED) is 0.233. The molecule has 3 rings (SSSR count). The molecule has 0 bridgehead atoms. The second-order valence-electron chi connectivity index (χ2n) is 5.25. The summed E-state index contributed by atoms with van der Waals surface area (Å²) in [5, 5.41) is 41.5. The molecular formula is C15H8F3N3O6. The van der Waals surface area contributed by atoms with E-state index in [4.69, 9.17) is 4.42 Å². The Balaban J connectivity index is 2.13. The molecule has 3 aromatic rings. The maximum Gasteiger partial charge on any atom is 0.479 e. The summed E-state index contributed by atoms with van der Waals surface area (Å²) in [6.45, 7) is 0. The number of hydrogen-bond donors (Lipinski definition) is 2. The Labute approximate surface area is 147 Å². The van der Waals surface area contributed by atoms with Crippen molar-refractivity contribution in [2.45, 2.75) is 6.18 Å². The minimum Gasteiger partial charge on any atom is -0.618 e. The molecular weight excluding hydrogens is 375 g/mol. The van der Waals surface area contributed by atoms with E-state index in [-0.39, 0.29) is 16.0 Å². The molecule has 12 heteroatoms. The van der Waals surface area contributed by atoms with E-state index >= 15 is 0 Å². The van der Waals surface area contributed by atoms with Crippen molar-refractivity contribution in [3.63, 3.8) is 0 Å². The first kappa shape index (κ1) is 18.0. The molecule has 0 atom stereocenters. The summed E-state index contributed by atoms with van der Waals surface area (Å²) in [5.74, 6) is -2.35. The molecule has 2 N–H and O–H groups in total. The number of hydrogen-bond acceptors (Lipinski definition) is 7. The number of aromatic nitrogens is 2. The van der Waals surface area contributed by atoms with Crippen LogP contribution in [0.1, 0.15) is 5.69 Å². The lowest BCUT2D eigenvalue weighted by Crippen LogP contribution is -2.37. The van der Waals surface area contributed by atoms with Crippen molar-refractivity contribution in [2.75, 3.05) is 0 Å². The van der Waals surface area contributed by atoms with E-state index in [0.29, 0.717) is 6.20 Å². The van der Waals surface area contributed by atoms with Crippen LogP contribution >= 0.6 is 0 Å². The Morgan fingerprint density at radius 1 is 1.26 bits per heavy atom. The molecule has 0 saturated carbocycles. The lowest BCUT2D eigenvalue weighted by atomic mass is 10.1. The molecule has 27 heavy (non-hydrogen) atoms. The molecule has 0 fully saturated rings. The maximum atomic E-state index is 13.1. The number of aromatic hydroxyl groups is 2. The van der Waals surface area contributed by atoms with Crippen molar-refractivity contribution >= 4 is 5.69 Å².